The summed E-state index contributed by atoms with van der Waals surface area (Å²) in [5.41, 5.74) is -0.287. The Bertz CT molecular complexity index is 916. The molecule has 2 rings (SSSR count). The van der Waals surface area contributed by atoms with E-state index in [9.17, 15) is 32.9 Å². The van der Waals surface area contributed by atoms with Crippen molar-refractivity contribution in [3.05, 3.63) is 39.9 Å². The van der Waals surface area contributed by atoms with Gasteiger partial charge in [-0.05, 0) is 37.2 Å². The average molecular weight is 507 g/mol. The standard InChI is InChI=1S/C21H29F3N2O7Si/c1-12-17(32-18(27)13-7-9-14(10-8-13)26(29)30)15(25-19(28)21(22,23)24)11-16(31-12)33-34(5,6)20(2,3)4/h7-10,12,15-17H,11H2,1-6H3,(H,25,28)/t12-,15+,16+,17-/m0/s1. The minimum Gasteiger partial charge on any atom is -0.454 e. The van der Waals surface area contributed by atoms with Crippen LogP contribution in [-0.2, 0) is 18.7 Å². The normalized spacial score (nSPS) is 23.8. The van der Waals surface area contributed by atoms with Crippen LogP contribution in [0.2, 0.25) is 18.1 Å². The molecule has 1 heterocycles. The number of non-ortho nitro benzene ring substituents is 1. The van der Waals surface area contributed by atoms with Crippen molar-refractivity contribution in [1.29, 1.82) is 0 Å². The summed E-state index contributed by atoms with van der Waals surface area (Å²) >= 11 is 0. The van der Waals surface area contributed by atoms with Gasteiger partial charge in [0, 0.05) is 18.6 Å². The van der Waals surface area contributed by atoms with Crippen LogP contribution in [0, 0.1) is 10.1 Å². The second-order valence-corrected chi connectivity index (χ2v) is 14.4. The van der Waals surface area contributed by atoms with Crippen LogP contribution in [0.4, 0.5) is 18.9 Å². The van der Waals surface area contributed by atoms with E-state index in [4.69, 9.17) is 13.9 Å². The van der Waals surface area contributed by atoms with Crippen LogP contribution in [0.1, 0.15) is 44.5 Å². The highest BCUT2D eigenvalue weighted by Gasteiger charge is 2.48. The Hall–Kier alpha value is -2.51. The summed E-state index contributed by atoms with van der Waals surface area (Å²) in [6.07, 6.45) is -8.39. The van der Waals surface area contributed by atoms with Gasteiger partial charge in [-0.15, -0.1) is 0 Å². The number of nitrogens with one attached hydrogen (secondary N) is 1. The van der Waals surface area contributed by atoms with E-state index in [1.807, 2.05) is 39.2 Å². The average Bonchev–Trinajstić information content (AvgIpc) is 2.68. The van der Waals surface area contributed by atoms with E-state index in [0.717, 1.165) is 12.1 Å². The van der Waals surface area contributed by atoms with Crippen LogP contribution in [0.5, 0.6) is 0 Å². The number of hydrogen-bond acceptors (Lipinski definition) is 7. The number of hydrogen-bond donors (Lipinski definition) is 1. The number of alkyl halides is 3. The third-order valence-corrected chi connectivity index (χ3v) is 10.5. The first-order valence-corrected chi connectivity index (χ1v) is 13.5. The van der Waals surface area contributed by atoms with Gasteiger partial charge in [-0.3, -0.25) is 14.9 Å². The molecule has 9 nitrogen and oxygen atoms in total. The van der Waals surface area contributed by atoms with Gasteiger partial charge in [0.1, 0.15) is 12.4 Å². The zero-order valence-corrected chi connectivity index (χ0v) is 20.8. The fraction of sp³-hybridized carbons (Fsp3) is 0.619. The van der Waals surface area contributed by atoms with Crippen LogP contribution in [0.15, 0.2) is 24.3 Å². The van der Waals surface area contributed by atoms with Gasteiger partial charge < -0.3 is 19.2 Å². The Morgan fingerprint density at radius 1 is 1.18 bits per heavy atom. The SMILES string of the molecule is C[C@@H]1O[C@H](O[Si](C)(C)C(C)(C)C)C[C@@H](NC(=O)C(F)(F)F)[C@H]1OC(=O)c1ccc([N+](=O)[O-])cc1. The summed E-state index contributed by atoms with van der Waals surface area (Å²) in [6, 6.07) is 3.30. The highest BCUT2D eigenvalue weighted by atomic mass is 28.4. The number of benzene rings is 1. The fourth-order valence-corrected chi connectivity index (χ4v) is 4.26. The van der Waals surface area contributed by atoms with Gasteiger partial charge in [-0.2, -0.15) is 13.2 Å². The second kappa shape index (κ2) is 10.00. The van der Waals surface area contributed by atoms with E-state index in [0.29, 0.717) is 0 Å². The third kappa shape index (κ3) is 6.76. The molecule has 13 heteroatoms. The van der Waals surface area contributed by atoms with Crippen molar-refractivity contribution in [2.24, 2.45) is 0 Å². The largest absolute Gasteiger partial charge is 0.471 e. The van der Waals surface area contributed by atoms with E-state index >= 15 is 0 Å². The van der Waals surface area contributed by atoms with E-state index in [1.165, 1.54) is 19.1 Å². The van der Waals surface area contributed by atoms with Crippen LogP contribution >= 0.6 is 0 Å². The van der Waals surface area contributed by atoms with Crippen LogP contribution in [0.3, 0.4) is 0 Å². The smallest absolute Gasteiger partial charge is 0.454 e. The first-order valence-electron chi connectivity index (χ1n) is 10.6. The van der Waals surface area contributed by atoms with Gasteiger partial charge in [-0.25, -0.2) is 4.79 Å². The molecule has 4 atom stereocenters. The Morgan fingerprint density at radius 2 is 1.74 bits per heavy atom. The summed E-state index contributed by atoms with van der Waals surface area (Å²) in [5.74, 6) is -3.10. The van der Waals surface area contributed by atoms with E-state index in [-0.39, 0.29) is 22.7 Å². The molecule has 1 aromatic carbocycles. The van der Waals surface area contributed by atoms with Gasteiger partial charge in [0.15, 0.2) is 8.32 Å². The van der Waals surface area contributed by atoms with Gasteiger partial charge in [0.2, 0.25) is 0 Å². The third-order valence-electron chi connectivity index (χ3n) is 6.04. The van der Waals surface area contributed by atoms with Crippen molar-refractivity contribution in [3.63, 3.8) is 0 Å². The van der Waals surface area contributed by atoms with Crippen molar-refractivity contribution in [3.8, 4) is 0 Å². The first kappa shape index (κ1) is 27.7. The zero-order valence-electron chi connectivity index (χ0n) is 19.8. The maximum atomic E-state index is 13.0. The van der Waals surface area contributed by atoms with E-state index in [2.05, 4.69) is 0 Å². The summed E-state index contributed by atoms with van der Waals surface area (Å²) in [4.78, 5) is 34.4. The number of carbonyl (C=O) groups is 2. The Kier molecular flexibility index (Phi) is 8.16. The summed E-state index contributed by atoms with van der Waals surface area (Å²) in [6.45, 7) is 11.4. The molecule has 1 aliphatic heterocycles. The van der Waals surface area contributed by atoms with Gasteiger partial charge in [0.25, 0.3) is 5.69 Å². The number of rotatable bonds is 6. The molecule has 0 unspecified atom stereocenters. The molecule has 1 amide bonds. The van der Waals surface area contributed by atoms with Gasteiger partial charge in [0.05, 0.1) is 22.6 Å². The molecule has 0 spiro atoms. The number of nitro benzene ring substituents is 1. The quantitative estimate of drug-likeness (QED) is 0.264. The van der Waals surface area contributed by atoms with Crippen LogP contribution < -0.4 is 5.32 Å². The minimum absolute atomic E-state index is 0.0432. The van der Waals surface area contributed by atoms with Crippen LogP contribution in [-0.4, -0.2) is 55.8 Å². The maximum Gasteiger partial charge on any atom is 0.471 e. The number of esters is 1. The Labute approximate surface area is 196 Å². The summed E-state index contributed by atoms with van der Waals surface area (Å²) in [5, 5.41) is 12.5. The molecule has 0 bridgehead atoms. The monoisotopic (exact) mass is 506 g/mol. The molecular formula is C21H29F3N2O7Si. The molecule has 0 radical (unpaired) electrons. The molecule has 1 saturated heterocycles. The van der Waals surface area contributed by atoms with Crippen molar-refractivity contribution < 1.29 is 41.6 Å². The molecule has 34 heavy (non-hydrogen) atoms. The second-order valence-electron chi connectivity index (χ2n) is 9.64. The zero-order chi connectivity index (χ0) is 26.1. The van der Waals surface area contributed by atoms with Crippen molar-refractivity contribution in [2.45, 2.75) is 83.0 Å². The number of carbonyl (C=O) groups excluding carboxylic acids is 2. The van der Waals surface area contributed by atoms with E-state index < -0.39 is 55.8 Å². The van der Waals surface area contributed by atoms with Crippen molar-refractivity contribution in [2.75, 3.05) is 0 Å². The molecule has 1 fully saturated rings. The lowest BCUT2D eigenvalue weighted by atomic mass is 9.99. The number of ether oxygens (including phenoxy) is 2. The number of nitrogens with zero attached hydrogens (tertiary/aromatic N) is 1. The predicted molar refractivity (Wildman–Crippen MR) is 118 cm³/mol. The van der Waals surface area contributed by atoms with Crippen LogP contribution in [0.25, 0.3) is 0 Å². The molecule has 0 aromatic heterocycles. The van der Waals surface area contributed by atoms with E-state index in [1.54, 1.807) is 0 Å². The Morgan fingerprint density at radius 3 is 2.21 bits per heavy atom. The molecule has 0 aliphatic carbocycles. The lowest BCUT2D eigenvalue weighted by Crippen LogP contribution is -2.60. The number of halogens is 3. The topological polar surface area (TPSA) is 117 Å². The van der Waals surface area contributed by atoms with Crippen molar-refractivity contribution >= 4 is 25.9 Å². The molecule has 1 N–H and O–H groups in total. The fourth-order valence-electron chi connectivity index (χ4n) is 3.10. The lowest BCUT2D eigenvalue weighted by Gasteiger charge is -2.45. The molecule has 190 valence electrons. The lowest BCUT2D eigenvalue weighted by molar-refractivity contribution is -0.384. The number of nitro groups is 1. The summed E-state index contributed by atoms with van der Waals surface area (Å²) in [7, 11) is -2.37. The highest BCUT2D eigenvalue weighted by molar-refractivity contribution is 6.74. The number of amides is 1. The summed E-state index contributed by atoms with van der Waals surface area (Å²) < 4.78 is 56.3. The van der Waals surface area contributed by atoms with Gasteiger partial charge in [-0.1, -0.05) is 20.8 Å². The predicted octanol–water partition coefficient (Wildman–Crippen LogP) is 4.32. The van der Waals surface area contributed by atoms with Gasteiger partial charge >= 0.3 is 18.1 Å². The maximum absolute atomic E-state index is 13.0. The highest BCUT2D eigenvalue weighted by Crippen LogP contribution is 2.39. The Balaban J connectivity index is 2.25. The minimum atomic E-state index is -5.13. The molecule has 1 aromatic rings. The molecule has 0 saturated carbocycles. The van der Waals surface area contributed by atoms with Crippen molar-refractivity contribution in [1.82, 2.24) is 5.32 Å². The molecular weight excluding hydrogens is 477 g/mol. The first-order chi connectivity index (χ1) is 15.4. The molecule has 1 aliphatic rings.